The summed E-state index contributed by atoms with van der Waals surface area (Å²) in [5, 5.41) is 8.96. The van der Waals surface area contributed by atoms with Gasteiger partial charge in [-0.05, 0) is 37.9 Å². The molecule has 100 valence electrons. The predicted molar refractivity (Wildman–Crippen MR) is 79.3 cm³/mol. The van der Waals surface area contributed by atoms with Crippen LogP contribution in [0.5, 0.6) is 5.75 Å². The van der Waals surface area contributed by atoms with Crippen LogP contribution in [-0.2, 0) is 0 Å². The van der Waals surface area contributed by atoms with Gasteiger partial charge in [0.25, 0.3) is 5.91 Å². The van der Waals surface area contributed by atoms with Crippen molar-refractivity contribution in [1.29, 1.82) is 0 Å². The molecule has 8 heteroatoms. The lowest BCUT2D eigenvalue weighted by atomic mass is 10.2. The van der Waals surface area contributed by atoms with E-state index in [0.29, 0.717) is 15.9 Å². The van der Waals surface area contributed by atoms with Crippen molar-refractivity contribution >= 4 is 49.1 Å². The number of nitrogens with one attached hydrogen (secondary N) is 2. The number of aromatic amines is 1. The minimum atomic E-state index is -0.375. The molecule has 0 atom stereocenters. The first-order chi connectivity index (χ1) is 9.02. The van der Waals surface area contributed by atoms with Gasteiger partial charge in [0.2, 0.25) is 0 Å². The third-order valence-corrected chi connectivity index (χ3v) is 3.66. The van der Waals surface area contributed by atoms with Gasteiger partial charge >= 0.3 is 0 Å². The lowest BCUT2D eigenvalue weighted by molar-refractivity contribution is 0.102. The fourth-order valence-corrected chi connectivity index (χ4v) is 2.70. The van der Waals surface area contributed by atoms with Gasteiger partial charge in [-0.3, -0.25) is 9.89 Å². The molecule has 1 heterocycles. The molecule has 1 aromatic heterocycles. The fraction of sp³-hybridized carbons (Fsp3) is 0.0909. The Labute approximate surface area is 126 Å². The molecule has 2 aromatic rings. The van der Waals surface area contributed by atoms with E-state index in [1.165, 1.54) is 6.20 Å². The Kier molecular flexibility index (Phi) is 4.11. The Morgan fingerprint density at radius 1 is 1.42 bits per heavy atom. The van der Waals surface area contributed by atoms with Crippen molar-refractivity contribution in [3.05, 3.63) is 33.0 Å². The molecule has 0 fully saturated rings. The van der Waals surface area contributed by atoms with Crippen LogP contribution in [0, 0.1) is 0 Å². The van der Waals surface area contributed by atoms with Crippen molar-refractivity contribution in [2.24, 2.45) is 0 Å². The summed E-state index contributed by atoms with van der Waals surface area (Å²) in [6.07, 6.45) is 1.38. The van der Waals surface area contributed by atoms with E-state index in [0.717, 1.165) is 4.47 Å². The van der Waals surface area contributed by atoms with Crippen LogP contribution in [-0.4, -0.2) is 23.2 Å². The van der Waals surface area contributed by atoms with Crippen LogP contribution in [0.25, 0.3) is 0 Å². The molecule has 0 unspecified atom stereocenters. The zero-order valence-electron chi connectivity index (χ0n) is 9.83. The number of halogens is 2. The third kappa shape index (κ3) is 2.90. The summed E-state index contributed by atoms with van der Waals surface area (Å²) in [5.41, 5.74) is 6.69. The summed E-state index contributed by atoms with van der Waals surface area (Å²) >= 11 is 6.72. The minimum Gasteiger partial charge on any atom is -0.495 e. The standard InChI is InChI=1S/C11H10Br2N4O2/c1-19-9-3-8(5(12)2-6(9)13)16-11(18)10-7(14)4-15-17-10/h2-4H,14H2,1H3,(H,15,17)(H,16,18). The number of rotatable bonds is 3. The second-order valence-corrected chi connectivity index (χ2v) is 5.33. The van der Waals surface area contributed by atoms with Gasteiger partial charge in [-0.2, -0.15) is 5.10 Å². The van der Waals surface area contributed by atoms with Crippen LogP contribution in [0.4, 0.5) is 11.4 Å². The smallest absolute Gasteiger partial charge is 0.275 e. The van der Waals surface area contributed by atoms with Crippen molar-refractivity contribution in [2.75, 3.05) is 18.2 Å². The van der Waals surface area contributed by atoms with Gasteiger partial charge in [0.1, 0.15) is 11.4 Å². The summed E-state index contributed by atoms with van der Waals surface area (Å²) < 4.78 is 6.67. The molecule has 0 spiro atoms. The zero-order chi connectivity index (χ0) is 14.0. The maximum atomic E-state index is 12.0. The first-order valence-corrected chi connectivity index (χ1v) is 6.74. The molecule has 0 aliphatic rings. The summed E-state index contributed by atoms with van der Waals surface area (Å²) in [7, 11) is 1.55. The highest BCUT2D eigenvalue weighted by Crippen LogP contribution is 2.34. The molecule has 19 heavy (non-hydrogen) atoms. The summed E-state index contributed by atoms with van der Waals surface area (Å²) in [6, 6.07) is 3.48. The van der Waals surface area contributed by atoms with Crippen LogP contribution in [0.3, 0.4) is 0 Å². The van der Waals surface area contributed by atoms with E-state index >= 15 is 0 Å². The van der Waals surface area contributed by atoms with Gasteiger partial charge in [-0.25, -0.2) is 0 Å². The van der Waals surface area contributed by atoms with Gasteiger partial charge in [0.05, 0.1) is 29.2 Å². The molecular formula is C11H10Br2N4O2. The number of methoxy groups -OCH3 is 1. The van der Waals surface area contributed by atoms with Crippen LogP contribution in [0.1, 0.15) is 10.5 Å². The Balaban J connectivity index is 2.29. The Morgan fingerprint density at radius 2 is 2.16 bits per heavy atom. The molecule has 1 aromatic carbocycles. The predicted octanol–water partition coefficient (Wildman–Crippen LogP) is 2.78. The third-order valence-electron chi connectivity index (χ3n) is 2.39. The highest BCUT2D eigenvalue weighted by Gasteiger charge is 2.15. The average molecular weight is 390 g/mol. The number of nitrogen functional groups attached to an aromatic ring is 1. The number of nitrogens with two attached hydrogens (primary N) is 1. The van der Waals surface area contributed by atoms with E-state index in [-0.39, 0.29) is 17.3 Å². The average Bonchev–Trinajstić information content (AvgIpc) is 2.79. The Bertz CT molecular complexity index is 627. The Hall–Kier alpha value is -1.54. The molecule has 0 bridgehead atoms. The van der Waals surface area contributed by atoms with E-state index in [9.17, 15) is 4.79 Å². The number of carbonyl (C=O) groups excluding carboxylic acids is 1. The highest BCUT2D eigenvalue weighted by atomic mass is 79.9. The molecule has 0 saturated carbocycles. The van der Waals surface area contributed by atoms with Crippen LogP contribution in [0.2, 0.25) is 0 Å². The topological polar surface area (TPSA) is 93.0 Å². The van der Waals surface area contributed by atoms with E-state index in [2.05, 4.69) is 47.4 Å². The van der Waals surface area contributed by atoms with Crippen LogP contribution >= 0.6 is 31.9 Å². The maximum Gasteiger partial charge on any atom is 0.275 e. The van der Waals surface area contributed by atoms with Gasteiger partial charge < -0.3 is 15.8 Å². The minimum absolute atomic E-state index is 0.216. The number of nitrogens with zero attached hydrogens (tertiary/aromatic N) is 1. The molecule has 0 radical (unpaired) electrons. The van der Waals surface area contributed by atoms with Crippen molar-refractivity contribution in [3.8, 4) is 5.75 Å². The number of anilines is 2. The van der Waals surface area contributed by atoms with E-state index < -0.39 is 0 Å². The lowest BCUT2D eigenvalue weighted by Gasteiger charge is -2.10. The van der Waals surface area contributed by atoms with Gasteiger partial charge in [-0.15, -0.1) is 0 Å². The molecule has 4 N–H and O–H groups in total. The molecule has 1 amide bonds. The summed E-state index contributed by atoms with van der Waals surface area (Å²) in [6.45, 7) is 0. The van der Waals surface area contributed by atoms with E-state index in [1.807, 2.05) is 0 Å². The number of ether oxygens (including phenoxy) is 1. The van der Waals surface area contributed by atoms with E-state index in [4.69, 9.17) is 10.5 Å². The quantitative estimate of drug-likeness (QED) is 0.752. The molecule has 0 aliphatic carbocycles. The number of aromatic nitrogens is 2. The molecule has 0 saturated heterocycles. The van der Waals surface area contributed by atoms with Crippen molar-refractivity contribution < 1.29 is 9.53 Å². The normalized spacial score (nSPS) is 10.3. The van der Waals surface area contributed by atoms with Gasteiger partial charge in [-0.1, -0.05) is 0 Å². The number of benzene rings is 1. The second-order valence-electron chi connectivity index (χ2n) is 3.62. The highest BCUT2D eigenvalue weighted by molar-refractivity contribution is 9.11. The molecular weight excluding hydrogens is 380 g/mol. The number of H-pyrrole nitrogens is 1. The van der Waals surface area contributed by atoms with Crippen molar-refractivity contribution in [1.82, 2.24) is 10.2 Å². The number of hydrogen-bond acceptors (Lipinski definition) is 4. The van der Waals surface area contributed by atoms with Crippen molar-refractivity contribution in [2.45, 2.75) is 0 Å². The van der Waals surface area contributed by atoms with E-state index in [1.54, 1.807) is 19.2 Å². The van der Waals surface area contributed by atoms with Crippen LogP contribution < -0.4 is 15.8 Å². The fourth-order valence-electron chi connectivity index (χ4n) is 1.44. The lowest BCUT2D eigenvalue weighted by Crippen LogP contribution is -2.14. The zero-order valence-corrected chi connectivity index (χ0v) is 13.0. The summed E-state index contributed by atoms with van der Waals surface area (Å²) in [5.74, 6) is 0.233. The number of amides is 1. The monoisotopic (exact) mass is 388 g/mol. The van der Waals surface area contributed by atoms with Gasteiger partial charge in [0, 0.05) is 10.5 Å². The molecule has 6 nitrogen and oxygen atoms in total. The second kappa shape index (κ2) is 5.62. The van der Waals surface area contributed by atoms with Crippen LogP contribution in [0.15, 0.2) is 27.3 Å². The number of carbonyl (C=O) groups is 1. The summed E-state index contributed by atoms with van der Waals surface area (Å²) in [4.78, 5) is 12.0. The first kappa shape index (κ1) is 13.9. The SMILES string of the molecule is COc1cc(NC(=O)c2[nH]ncc2N)c(Br)cc1Br. The largest absolute Gasteiger partial charge is 0.495 e. The molecule has 0 aliphatic heterocycles. The van der Waals surface area contributed by atoms with Gasteiger partial charge in [0.15, 0.2) is 0 Å². The Morgan fingerprint density at radius 3 is 2.74 bits per heavy atom. The first-order valence-electron chi connectivity index (χ1n) is 5.16. The van der Waals surface area contributed by atoms with Crippen molar-refractivity contribution in [3.63, 3.8) is 0 Å². The number of hydrogen-bond donors (Lipinski definition) is 3. The molecule has 2 rings (SSSR count). The maximum absolute atomic E-state index is 12.0.